The summed E-state index contributed by atoms with van der Waals surface area (Å²) in [6.07, 6.45) is 6.65. The Kier molecular flexibility index (Phi) is 6.00. The molecular formula is C27H35N3O2S. The van der Waals surface area contributed by atoms with Crippen LogP contribution in [0.25, 0.3) is 10.9 Å². The highest BCUT2D eigenvalue weighted by atomic mass is 32.2. The molecule has 0 radical (unpaired) electrons. The smallest absolute Gasteiger partial charge is 0.268 e. The number of hydrogen-bond donors (Lipinski definition) is 0. The Hall–Kier alpha value is -2.31. The average molecular weight is 466 g/mol. The van der Waals surface area contributed by atoms with E-state index >= 15 is 0 Å². The van der Waals surface area contributed by atoms with Gasteiger partial charge < -0.3 is 9.80 Å². The molecule has 3 aromatic rings. The summed E-state index contributed by atoms with van der Waals surface area (Å²) in [5.74, 6) is 1.14. The molecular weight excluding hydrogens is 430 g/mol. The van der Waals surface area contributed by atoms with Gasteiger partial charge in [0.1, 0.15) is 0 Å². The zero-order valence-corrected chi connectivity index (χ0v) is 20.8. The molecule has 1 saturated carbocycles. The van der Waals surface area contributed by atoms with E-state index in [2.05, 4.69) is 36.8 Å². The molecule has 2 fully saturated rings. The highest BCUT2D eigenvalue weighted by Gasteiger charge is 2.31. The first-order valence-electron chi connectivity index (χ1n) is 12.3. The lowest BCUT2D eigenvalue weighted by atomic mass is 10.0. The number of piperidine rings is 1. The minimum atomic E-state index is -3.66. The topological polar surface area (TPSA) is 45.6 Å². The predicted octanol–water partition coefficient (Wildman–Crippen LogP) is 5.31. The van der Waals surface area contributed by atoms with Gasteiger partial charge in [-0.2, -0.15) is 0 Å². The zero-order valence-electron chi connectivity index (χ0n) is 19.9. The van der Waals surface area contributed by atoms with Crippen molar-refractivity contribution in [2.75, 3.05) is 31.6 Å². The Morgan fingerprint density at radius 1 is 0.970 bits per heavy atom. The number of likely N-dealkylation sites (tertiary alicyclic amines) is 1. The summed E-state index contributed by atoms with van der Waals surface area (Å²) in [4.78, 5) is 5.32. The summed E-state index contributed by atoms with van der Waals surface area (Å²) < 4.78 is 28.5. The van der Waals surface area contributed by atoms with Crippen LogP contribution in [-0.2, 0) is 10.0 Å². The Labute approximate surface area is 198 Å². The predicted molar refractivity (Wildman–Crippen MR) is 136 cm³/mol. The van der Waals surface area contributed by atoms with Gasteiger partial charge in [0.15, 0.2) is 0 Å². The fraction of sp³-hybridized carbons (Fsp3) is 0.481. The molecule has 0 N–H and O–H groups in total. The normalized spacial score (nSPS) is 18.3. The quantitative estimate of drug-likeness (QED) is 0.474. The van der Waals surface area contributed by atoms with Crippen LogP contribution in [0.15, 0.2) is 59.6 Å². The van der Waals surface area contributed by atoms with Crippen molar-refractivity contribution in [1.29, 1.82) is 0 Å². The Morgan fingerprint density at radius 3 is 2.30 bits per heavy atom. The minimum Gasteiger partial charge on any atom is -0.368 e. The van der Waals surface area contributed by atoms with E-state index in [1.54, 1.807) is 18.3 Å². The number of aromatic nitrogens is 1. The molecule has 6 heteroatoms. The lowest BCUT2D eigenvalue weighted by Crippen LogP contribution is -2.44. The Morgan fingerprint density at radius 2 is 1.67 bits per heavy atom. The molecule has 1 aromatic heterocycles. The monoisotopic (exact) mass is 465 g/mol. The molecule has 2 aromatic carbocycles. The fourth-order valence-corrected chi connectivity index (χ4v) is 6.40. The molecule has 1 aliphatic heterocycles. The minimum absolute atomic E-state index is 0.333. The van der Waals surface area contributed by atoms with Gasteiger partial charge in [-0.25, -0.2) is 12.4 Å². The molecule has 1 saturated heterocycles. The molecule has 0 spiro atoms. The molecule has 5 rings (SSSR count). The van der Waals surface area contributed by atoms with Gasteiger partial charge in [0.2, 0.25) is 0 Å². The zero-order chi connectivity index (χ0) is 23.2. The van der Waals surface area contributed by atoms with E-state index in [1.165, 1.54) is 22.5 Å². The van der Waals surface area contributed by atoms with Gasteiger partial charge in [-0.3, -0.25) is 0 Å². The molecule has 5 nitrogen and oxygen atoms in total. The molecule has 0 unspecified atom stereocenters. The summed E-state index contributed by atoms with van der Waals surface area (Å²) in [7, 11) is -1.46. The largest absolute Gasteiger partial charge is 0.368 e. The first-order chi connectivity index (χ1) is 15.8. The van der Waals surface area contributed by atoms with Crippen LogP contribution in [-0.4, -0.2) is 50.0 Å². The number of rotatable bonds is 7. The average Bonchev–Trinajstić information content (AvgIpc) is 3.52. The maximum atomic E-state index is 13.5. The summed E-state index contributed by atoms with van der Waals surface area (Å²) in [5, 5.41) is 1.03. The molecule has 2 heterocycles. The number of fused-ring (bicyclic) bond motifs is 1. The van der Waals surface area contributed by atoms with Crippen LogP contribution in [0, 0.1) is 5.92 Å². The van der Waals surface area contributed by atoms with E-state index in [9.17, 15) is 8.42 Å². The highest BCUT2D eigenvalue weighted by molar-refractivity contribution is 7.90. The van der Waals surface area contributed by atoms with Crippen LogP contribution in [0.1, 0.15) is 51.0 Å². The summed E-state index contributed by atoms with van der Waals surface area (Å²) >= 11 is 0. The standard InChI is InChI=1S/C27H35N3O2S/c1-20(2)22-9-11-24(12-10-22)33(31,32)30-18-15-25-26(5-4-6-27(25)30)29(19-21-7-8-21)23-13-16-28(3)17-14-23/h4-6,9-12,15,18,20-21,23H,7-8,13-14,16-17,19H2,1-3H3. The van der Waals surface area contributed by atoms with Crippen molar-refractivity contribution in [1.82, 2.24) is 8.87 Å². The van der Waals surface area contributed by atoms with Crippen LogP contribution in [0.5, 0.6) is 0 Å². The van der Waals surface area contributed by atoms with Crippen LogP contribution in [0.4, 0.5) is 5.69 Å². The van der Waals surface area contributed by atoms with Gasteiger partial charge in [0.25, 0.3) is 10.0 Å². The molecule has 0 bridgehead atoms. The van der Waals surface area contributed by atoms with Gasteiger partial charge in [-0.1, -0.05) is 32.0 Å². The van der Waals surface area contributed by atoms with Crippen molar-refractivity contribution >= 4 is 26.6 Å². The van der Waals surface area contributed by atoms with Crippen molar-refractivity contribution in [3.05, 3.63) is 60.3 Å². The van der Waals surface area contributed by atoms with Crippen LogP contribution < -0.4 is 4.90 Å². The maximum Gasteiger partial charge on any atom is 0.268 e. The number of nitrogens with zero attached hydrogens (tertiary/aromatic N) is 3. The second kappa shape index (κ2) is 8.80. The second-order valence-electron chi connectivity index (χ2n) is 10.2. The first-order valence-corrected chi connectivity index (χ1v) is 13.7. The maximum absolute atomic E-state index is 13.5. The third kappa shape index (κ3) is 4.43. The van der Waals surface area contributed by atoms with Gasteiger partial charge in [-0.15, -0.1) is 0 Å². The lowest BCUT2D eigenvalue weighted by Gasteiger charge is -2.39. The van der Waals surface area contributed by atoms with Crippen molar-refractivity contribution in [3.63, 3.8) is 0 Å². The van der Waals surface area contributed by atoms with E-state index in [-0.39, 0.29) is 0 Å². The lowest BCUT2D eigenvalue weighted by molar-refractivity contribution is 0.249. The van der Waals surface area contributed by atoms with E-state index in [0.717, 1.165) is 54.9 Å². The number of hydrogen-bond acceptors (Lipinski definition) is 4. The molecule has 0 atom stereocenters. The van der Waals surface area contributed by atoms with Crippen molar-refractivity contribution < 1.29 is 8.42 Å². The molecule has 176 valence electrons. The Bertz CT molecular complexity index is 1220. The van der Waals surface area contributed by atoms with Crippen molar-refractivity contribution in [2.45, 2.75) is 56.4 Å². The number of anilines is 1. The van der Waals surface area contributed by atoms with E-state index in [0.29, 0.717) is 16.9 Å². The fourth-order valence-electron chi connectivity index (χ4n) is 5.05. The van der Waals surface area contributed by atoms with Crippen molar-refractivity contribution in [3.8, 4) is 0 Å². The summed E-state index contributed by atoms with van der Waals surface area (Å²) in [5.41, 5.74) is 3.08. The summed E-state index contributed by atoms with van der Waals surface area (Å²) in [6.45, 7) is 7.53. The van der Waals surface area contributed by atoms with E-state index < -0.39 is 10.0 Å². The summed E-state index contributed by atoms with van der Waals surface area (Å²) in [6, 6.07) is 15.9. The molecule has 2 aliphatic rings. The third-order valence-electron chi connectivity index (χ3n) is 7.37. The highest BCUT2D eigenvalue weighted by Crippen LogP contribution is 2.37. The first kappa shape index (κ1) is 22.5. The molecule has 33 heavy (non-hydrogen) atoms. The molecule has 0 amide bonds. The SMILES string of the molecule is CC(C)c1ccc(S(=O)(=O)n2ccc3c(N(CC4CC4)C4CCN(C)CC4)cccc32)cc1. The molecule has 1 aliphatic carbocycles. The van der Waals surface area contributed by atoms with Crippen LogP contribution >= 0.6 is 0 Å². The third-order valence-corrected chi connectivity index (χ3v) is 9.07. The Balaban J connectivity index is 1.53. The second-order valence-corrected chi connectivity index (χ2v) is 12.0. The van der Waals surface area contributed by atoms with Gasteiger partial charge >= 0.3 is 0 Å². The van der Waals surface area contributed by atoms with Gasteiger partial charge in [0, 0.05) is 29.9 Å². The van der Waals surface area contributed by atoms with Crippen LogP contribution in [0.2, 0.25) is 0 Å². The van der Waals surface area contributed by atoms with Gasteiger partial charge in [-0.05, 0) is 93.6 Å². The van der Waals surface area contributed by atoms with E-state index in [4.69, 9.17) is 0 Å². The van der Waals surface area contributed by atoms with Gasteiger partial charge in [0.05, 0.1) is 10.4 Å². The van der Waals surface area contributed by atoms with Crippen LogP contribution in [0.3, 0.4) is 0 Å². The van der Waals surface area contributed by atoms with Crippen molar-refractivity contribution in [2.24, 2.45) is 5.92 Å². The number of benzene rings is 2. The van der Waals surface area contributed by atoms with E-state index in [1.807, 2.05) is 30.3 Å².